The zero-order valence-corrected chi connectivity index (χ0v) is 13.5. The van der Waals surface area contributed by atoms with Crippen LogP contribution in [-0.2, 0) is 9.84 Å². The molecule has 0 unspecified atom stereocenters. The number of hydrogen-bond donors (Lipinski definition) is 1. The Balaban J connectivity index is 2.00. The van der Waals surface area contributed by atoms with Crippen molar-refractivity contribution in [2.24, 2.45) is 5.10 Å². The van der Waals surface area contributed by atoms with E-state index in [-0.39, 0.29) is 4.90 Å². The van der Waals surface area contributed by atoms with E-state index in [1.165, 1.54) is 30.5 Å². The van der Waals surface area contributed by atoms with E-state index in [9.17, 15) is 13.2 Å². The first-order valence-corrected chi connectivity index (χ1v) is 8.57. The van der Waals surface area contributed by atoms with Crippen molar-refractivity contribution in [2.45, 2.75) is 4.90 Å². The van der Waals surface area contributed by atoms with Gasteiger partial charge < -0.3 is 4.74 Å². The number of carbonyl (C=O) groups is 1. The molecule has 0 aliphatic carbocycles. The molecular weight excluding hydrogens is 316 g/mol. The first-order valence-electron chi connectivity index (χ1n) is 6.68. The Hall–Kier alpha value is -2.67. The van der Waals surface area contributed by atoms with E-state index in [0.29, 0.717) is 5.56 Å². The predicted molar refractivity (Wildman–Crippen MR) is 87.6 cm³/mol. The number of sulfone groups is 1. The molecule has 120 valence electrons. The van der Waals surface area contributed by atoms with Gasteiger partial charge in [0.15, 0.2) is 9.84 Å². The third-order valence-electron chi connectivity index (χ3n) is 3.04. The third kappa shape index (κ3) is 4.65. The summed E-state index contributed by atoms with van der Waals surface area (Å²) in [5, 5.41) is 3.86. The molecule has 2 aromatic carbocycles. The topological polar surface area (TPSA) is 84.8 Å². The Morgan fingerprint density at radius 3 is 2.22 bits per heavy atom. The number of carbonyl (C=O) groups excluding carboxylic acids is 1. The fraction of sp³-hybridized carbons (Fsp3) is 0.125. The smallest absolute Gasteiger partial charge is 0.271 e. The van der Waals surface area contributed by atoms with Crippen LogP contribution in [0.15, 0.2) is 58.5 Å². The van der Waals surface area contributed by atoms with Crippen LogP contribution in [0.1, 0.15) is 15.9 Å². The van der Waals surface area contributed by atoms with Gasteiger partial charge in [0.25, 0.3) is 5.91 Å². The van der Waals surface area contributed by atoms with Gasteiger partial charge in [0, 0.05) is 11.8 Å². The number of hydrogen-bond acceptors (Lipinski definition) is 5. The zero-order chi connectivity index (χ0) is 16.9. The molecule has 0 aliphatic rings. The van der Waals surface area contributed by atoms with Crippen LogP contribution >= 0.6 is 0 Å². The SMILES string of the molecule is COc1ccc(/C=N/NC(=O)c2ccc(S(C)(=O)=O)cc2)cc1. The lowest BCUT2D eigenvalue weighted by Crippen LogP contribution is -2.17. The van der Waals surface area contributed by atoms with Crippen LogP contribution in [0.25, 0.3) is 0 Å². The van der Waals surface area contributed by atoms with Crippen LogP contribution in [0.4, 0.5) is 0 Å². The van der Waals surface area contributed by atoms with Crippen molar-refractivity contribution < 1.29 is 17.9 Å². The van der Waals surface area contributed by atoms with Gasteiger partial charge in [-0.05, 0) is 54.1 Å². The maximum atomic E-state index is 11.9. The van der Waals surface area contributed by atoms with E-state index in [0.717, 1.165) is 17.6 Å². The highest BCUT2D eigenvalue weighted by Gasteiger charge is 2.09. The number of hydrazone groups is 1. The molecule has 1 N–H and O–H groups in total. The van der Waals surface area contributed by atoms with Crippen molar-refractivity contribution in [2.75, 3.05) is 13.4 Å². The second kappa shape index (κ2) is 7.06. The van der Waals surface area contributed by atoms with E-state index < -0.39 is 15.7 Å². The first-order chi connectivity index (χ1) is 10.9. The van der Waals surface area contributed by atoms with Gasteiger partial charge in [0.2, 0.25) is 0 Å². The highest BCUT2D eigenvalue weighted by molar-refractivity contribution is 7.90. The molecule has 0 aliphatic heterocycles. The van der Waals surface area contributed by atoms with Crippen LogP contribution in [0.5, 0.6) is 5.75 Å². The van der Waals surface area contributed by atoms with E-state index in [4.69, 9.17) is 4.74 Å². The Morgan fingerprint density at radius 1 is 1.09 bits per heavy atom. The number of ether oxygens (including phenoxy) is 1. The summed E-state index contributed by atoms with van der Waals surface area (Å²) in [6, 6.07) is 12.8. The summed E-state index contributed by atoms with van der Waals surface area (Å²) < 4.78 is 27.8. The standard InChI is InChI=1S/C16H16N2O4S/c1-22-14-7-3-12(4-8-14)11-17-18-16(19)13-5-9-15(10-6-13)23(2,20)21/h3-11H,1-2H3,(H,18,19)/b17-11+. The monoisotopic (exact) mass is 332 g/mol. The highest BCUT2D eigenvalue weighted by atomic mass is 32.2. The Bertz CT molecular complexity index is 810. The van der Waals surface area contributed by atoms with Crippen LogP contribution < -0.4 is 10.2 Å². The van der Waals surface area contributed by atoms with Gasteiger partial charge in [-0.15, -0.1) is 0 Å². The first kappa shape index (κ1) is 16.7. The maximum absolute atomic E-state index is 11.9. The van der Waals surface area contributed by atoms with Crippen molar-refractivity contribution in [3.05, 3.63) is 59.7 Å². The molecular formula is C16H16N2O4S. The average Bonchev–Trinajstić information content (AvgIpc) is 2.54. The summed E-state index contributed by atoms with van der Waals surface area (Å²) in [7, 11) is -1.69. The Morgan fingerprint density at radius 2 is 1.70 bits per heavy atom. The second-order valence-electron chi connectivity index (χ2n) is 4.77. The van der Waals surface area contributed by atoms with Crippen molar-refractivity contribution >= 4 is 22.0 Å². The summed E-state index contributed by atoms with van der Waals surface area (Å²) >= 11 is 0. The molecule has 2 rings (SSSR count). The molecule has 6 nitrogen and oxygen atoms in total. The maximum Gasteiger partial charge on any atom is 0.271 e. The number of methoxy groups -OCH3 is 1. The molecule has 0 saturated heterocycles. The van der Waals surface area contributed by atoms with Crippen LogP contribution in [0, 0.1) is 0 Å². The van der Waals surface area contributed by atoms with E-state index in [2.05, 4.69) is 10.5 Å². The van der Waals surface area contributed by atoms with Crippen molar-refractivity contribution in [1.82, 2.24) is 5.43 Å². The minimum Gasteiger partial charge on any atom is -0.497 e. The van der Waals surface area contributed by atoms with Crippen molar-refractivity contribution in [3.63, 3.8) is 0 Å². The lowest BCUT2D eigenvalue weighted by molar-refractivity contribution is 0.0955. The predicted octanol–water partition coefficient (Wildman–Crippen LogP) is 1.86. The number of nitrogens with one attached hydrogen (secondary N) is 1. The molecule has 0 radical (unpaired) electrons. The lowest BCUT2D eigenvalue weighted by Gasteiger charge is -2.02. The average molecular weight is 332 g/mol. The molecule has 0 saturated carbocycles. The molecule has 0 spiro atoms. The fourth-order valence-corrected chi connectivity index (χ4v) is 2.40. The fourth-order valence-electron chi connectivity index (χ4n) is 1.77. The molecule has 0 atom stereocenters. The third-order valence-corrected chi connectivity index (χ3v) is 4.17. The molecule has 0 heterocycles. The van der Waals surface area contributed by atoms with Gasteiger partial charge in [-0.25, -0.2) is 13.8 Å². The van der Waals surface area contributed by atoms with Crippen molar-refractivity contribution in [3.8, 4) is 5.75 Å². The summed E-state index contributed by atoms with van der Waals surface area (Å²) in [4.78, 5) is 12.1. The quantitative estimate of drug-likeness (QED) is 0.669. The minimum atomic E-state index is -3.28. The molecule has 0 aromatic heterocycles. The van der Waals surface area contributed by atoms with Crippen molar-refractivity contribution in [1.29, 1.82) is 0 Å². The van der Waals surface area contributed by atoms with E-state index in [1.807, 2.05) is 0 Å². The number of amides is 1. The summed E-state index contributed by atoms with van der Waals surface area (Å²) in [6.45, 7) is 0. The number of benzene rings is 2. The normalized spacial score (nSPS) is 11.4. The molecule has 0 fully saturated rings. The summed E-state index contributed by atoms with van der Waals surface area (Å²) in [5.41, 5.74) is 3.51. The Kier molecular flexibility index (Phi) is 5.13. The van der Waals surface area contributed by atoms with E-state index in [1.54, 1.807) is 31.4 Å². The van der Waals surface area contributed by atoms with Gasteiger partial charge >= 0.3 is 0 Å². The zero-order valence-electron chi connectivity index (χ0n) is 12.7. The largest absolute Gasteiger partial charge is 0.497 e. The molecule has 2 aromatic rings. The van der Waals surface area contributed by atoms with E-state index >= 15 is 0 Å². The summed E-state index contributed by atoms with van der Waals surface area (Å²) in [6.07, 6.45) is 2.61. The number of nitrogens with zero attached hydrogens (tertiary/aromatic N) is 1. The molecule has 0 bridgehead atoms. The molecule has 1 amide bonds. The summed E-state index contributed by atoms with van der Waals surface area (Å²) in [5.74, 6) is 0.312. The van der Waals surface area contributed by atoms with Gasteiger partial charge in [-0.3, -0.25) is 4.79 Å². The molecule has 23 heavy (non-hydrogen) atoms. The van der Waals surface area contributed by atoms with Gasteiger partial charge in [0.1, 0.15) is 5.75 Å². The van der Waals surface area contributed by atoms with Gasteiger partial charge in [-0.2, -0.15) is 5.10 Å². The molecule has 7 heteroatoms. The minimum absolute atomic E-state index is 0.163. The van der Waals surface area contributed by atoms with Crippen LogP contribution in [-0.4, -0.2) is 33.9 Å². The lowest BCUT2D eigenvalue weighted by atomic mass is 10.2. The van der Waals surface area contributed by atoms with Gasteiger partial charge in [0.05, 0.1) is 18.2 Å². The highest BCUT2D eigenvalue weighted by Crippen LogP contribution is 2.11. The number of rotatable bonds is 5. The van der Waals surface area contributed by atoms with Crippen LogP contribution in [0.2, 0.25) is 0 Å². The van der Waals surface area contributed by atoms with Crippen LogP contribution in [0.3, 0.4) is 0 Å². The Labute approximate surface area is 134 Å². The second-order valence-corrected chi connectivity index (χ2v) is 6.78. The van der Waals surface area contributed by atoms with Gasteiger partial charge in [-0.1, -0.05) is 0 Å².